The van der Waals surface area contributed by atoms with Crippen LogP contribution in [0, 0.1) is 5.41 Å². The number of benzene rings is 1. The van der Waals surface area contributed by atoms with Crippen LogP contribution in [-0.4, -0.2) is 6.61 Å². The molecule has 0 spiro atoms. The van der Waals surface area contributed by atoms with Gasteiger partial charge in [-0.15, -0.1) is 0 Å². The number of hydrogen-bond donors (Lipinski definition) is 1. The molecule has 2 rings (SSSR count). The second-order valence-electron chi connectivity index (χ2n) is 4.91. The van der Waals surface area contributed by atoms with E-state index in [1.165, 1.54) is 6.07 Å². The number of para-hydroxylation sites is 1. The highest BCUT2D eigenvalue weighted by Crippen LogP contribution is 2.61. The topological polar surface area (TPSA) is 35.2 Å². The van der Waals surface area contributed by atoms with Crippen molar-refractivity contribution >= 4 is 0 Å². The summed E-state index contributed by atoms with van der Waals surface area (Å²) in [4.78, 5) is 0. The lowest BCUT2D eigenvalue weighted by molar-refractivity contribution is -0.0508. The highest BCUT2D eigenvalue weighted by Gasteiger charge is 2.60. The van der Waals surface area contributed by atoms with Crippen molar-refractivity contribution in [3.63, 3.8) is 0 Å². The molecule has 2 N–H and O–H groups in total. The predicted octanol–water partition coefficient (Wildman–Crippen LogP) is 2.87. The first-order valence-corrected chi connectivity index (χ1v) is 5.20. The Morgan fingerprint density at radius 2 is 1.88 bits per heavy atom. The van der Waals surface area contributed by atoms with Crippen molar-refractivity contribution in [1.29, 1.82) is 0 Å². The highest BCUT2D eigenvalue weighted by molar-refractivity contribution is 5.45. The molecule has 1 aliphatic carbocycles. The third-order valence-electron chi connectivity index (χ3n) is 3.39. The van der Waals surface area contributed by atoms with Crippen molar-refractivity contribution in [2.45, 2.75) is 32.4 Å². The molecule has 1 aromatic rings. The molecule has 0 aromatic heterocycles. The fourth-order valence-electron chi connectivity index (χ4n) is 2.15. The lowest BCUT2D eigenvalue weighted by Crippen LogP contribution is -2.26. The minimum atomic E-state index is -2.81. The Morgan fingerprint density at radius 3 is 2.38 bits per heavy atom. The van der Waals surface area contributed by atoms with Crippen LogP contribution in [0.15, 0.2) is 24.3 Å². The van der Waals surface area contributed by atoms with E-state index in [1.54, 1.807) is 18.2 Å². The summed E-state index contributed by atoms with van der Waals surface area (Å²) in [7, 11) is 0. The van der Waals surface area contributed by atoms with Crippen LogP contribution < -0.4 is 10.5 Å². The summed E-state index contributed by atoms with van der Waals surface area (Å²) in [6.45, 7) is 1.23. The van der Waals surface area contributed by atoms with Crippen LogP contribution in [-0.2, 0) is 5.54 Å². The molecular weight excluding hydrogens is 212 g/mol. The fourth-order valence-corrected chi connectivity index (χ4v) is 2.15. The third kappa shape index (κ3) is 1.67. The minimum absolute atomic E-state index is 0.0609. The minimum Gasteiger partial charge on any atom is -0.434 e. The molecule has 0 radical (unpaired) electrons. The molecule has 1 aromatic carbocycles. The Balaban J connectivity index is 2.35. The Bertz CT molecular complexity index is 406. The molecule has 0 amide bonds. The summed E-state index contributed by atoms with van der Waals surface area (Å²) >= 11 is 0. The highest BCUT2D eigenvalue weighted by atomic mass is 19.3. The van der Waals surface area contributed by atoms with Crippen LogP contribution in [0.3, 0.4) is 0 Å². The zero-order chi connectivity index (χ0) is 12.0. The standard InChI is InChI=1S/C12H15F2NO/c1-11(2)7-12(11,15)8-5-3-4-6-9(8)16-10(13)14/h3-6,10H,7,15H2,1-2H3. The molecule has 1 atom stereocenters. The van der Waals surface area contributed by atoms with Gasteiger partial charge in [0.15, 0.2) is 0 Å². The molecule has 2 nitrogen and oxygen atoms in total. The van der Waals surface area contributed by atoms with E-state index in [0.717, 1.165) is 6.42 Å². The lowest BCUT2D eigenvalue weighted by atomic mass is 9.96. The summed E-state index contributed by atoms with van der Waals surface area (Å²) in [5, 5.41) is 0. The van der Waals surface area contributed by atoms with Gasteiger partial charge in [-0.25, -0.2) is 0 Å². The molecule has 88 valence electrons. The van der Waals surface area contributed by atoms with Gasteiger partial charge < -0.3 is 10.5 Å². The first kappa shape index (κ1) is 11.3. The Labute approximate surface area is 93.4 Å². The number of hydrogen-bond acceptors (Lipinski definition) is 2. The van der Waals surface area contributed by atoms with Gasteiger partial charge >= 0.3 is 6.61 Å². The van der Waals surface area contributed by atoms with E-state index in [4.69, 9.17) is 5.73 Å². The molecule has 1 saturated carbocycles. The van der Waals surface area contributed by atoms with E-state index in [9.17, 15) is 8.78 Å². The molecule has 4 heteroatoms. The average molecular weight is 227 g/mol. The Hall–Kier alpha value is -1.16. The predicted molar refractivity (Wildman–Crippen MR) is 57.3 cm³/mol. The summed E-state index contributed by atoms with van der Waals surface area (Å²) < 4.78 is 29.0. The smallest absolute Gasteiger partial charge is 0.387 e. The molecule has 1 aliphatic rings. The quantitative estimate of drug-likeness (QED) is 0.861. The lowest BCUT2D eigenvalue weighted by Gasteiger charge is -2.19. The second-order valence-corrected chi connectivity index (χ2v) is 4.91. The number of ether oxygens (including phenoxy) is 1. The first-order chi connectivity index (χ1) is 7.37. The van der Waals surface area contributed by atoms with E-state index in [2.05, 4.69) is 4.74 Å². The van der Waals surface area contributed by atoms with E-state index in [-0.39, 0.29) is 11.2 Å². The van der Waals surface area contributed by atoms with E-state index < -0.39 is 12.2 Å². The zero-order valence-electron chi connectivity index (χ0n) is 9.34. The van der Waals surface area contributed by atoms with Crippen molar-refractivity contribution in [3.05, 3.63) is 29.8 Å². The van der Waals surface area contributed by atoms with Gasteiger partial charge in [0.25, 0.3) is 0 Å². The Kier molecular flexibility index (Phi) is 2.42. The van der Waals surface area contributed by atoms with Gasteiger partial charge in [-0.05, 0) is 17.9 Å². The van der Waals surface area contributed by atoms with Crippen LogP contribution in [0.1, 0.15) is 25.8 Å². The van der Waals surface area contributed by atoms with Gasteiger partial charge in [0, 0.05) is 5.56 Å². The Morgan fingerprint density at radius 1 is 1.31 bits per heavy atom. The number of rotatable bonds is 3. The van der Waals surface area contributed by atoms with Crippen molar-refractivity contribution in [2.24, 2.45) is 11.1 Å². The molecule has 1 unspecified atom stereocenters. The van der Waals surface area contributed by atoms with Crippen LogP contribution in [0.4, 0.5) is 8.78 Å². The number of nitrogens with two attached hydrogens (primary N) is 1. The zero-order valence-corrected chi connectivity index (χ0v) is 9.34. The van der Waals surface area contributed by atoms with Crippen LogP contribution >= 0.6 is 0 Å². The first-order valence-electron chi connectivity index (χ1n) is 5.20. The van der Waals surface area contributed by atoms with Crippen molar-refractivity contribution in [2.75, 3.05) is 0 Å². The molecule has 16 heavy (non-hydrogen) atoms. The van der Waals surface area contributed by atoms with Gasteiger partial charge in [-0.2, -0.15) is 8.78 Å². The number of alkyl halides is 2. The maximum atomic E-state index is 12.2. The van der Waals surface area contributed by atoms with Gasteiger partial charge in [-0.1, -0.05) is 32.0 Å². The van der Waals surface area contributed by atoms with Crippen molar-refractivity contribution in [3.8, 4) is 5.75 Å². The van der Waals surface area contributed by atoms with E-state index >= 15 is 0 Å². The van der Waals surface area contributed by atoms with E-state index in [1.807, 2.05) is 13.8 Å². The molecule has 0 saturated heterocycles. The second kappa shape index (κ2) is 3.42. The van der Waals surface area contributed by atoms with Crippen molar-refractivity contribution < 1.29 is 13.5 Å². The summed E-state index contributed by atoms with van der Waals surface area (Å²) in [6, 6.07) is 6.74. The SMILES string of the molecule is CC1(C)CC1(N)c1ccccc1OC(F)F. The van der Waals surface area contributed by atoms with Crippen LogP contribution in [0.2, 0.25) is 0 Å². The molecule has 0 heterocycles. The molecular formula is C12H15F2NO. The maximum absolute atomic E-state index is 12.2. The normalized spacial score (nSPS) is 26.9. The maximum Gasteiger partial charge on any atom is 0.387 e. The van der Waals surface area contributed by atoms with Crippen LogP contribution in [0.5, 0.6) is 5.75 Å². The van der Waals surface area contributed by atoms with Gasteiger partial charge in [0.1, 0.15) is 5.75 Å². The van der Waals surface area contributed by atoms with Crippen LogP contribution in [0.25, 0.3) is 0 Å². The van der Waals surface area contributed by atoms with Gasteiger partial charge in [0.2, 0.25) is 0 Å². The molecule has 0 bridgehead atoms. The van der Waals surface area contributed by atoms with Gasteiger partial charge in [-0.3, -0.25) is 0 Å². The third-order valence-corrected chi connectivity index (χ3v) is 3.39. The van der Waals surface area contributed by atoms with Crippen molar-refractivity contribution in [1.82, 2.24) is 0 Å². The monoisotopic (exact) mass is 227 g/mol. The average Bonchev–Trinajstić information content (AvgIpc) is 2.66. The summed E-state index contributed by atoms with van der Waals surface area (Å²) in [5.74, 6) is 0.186. The largest absolute Gasteiger partial charge is 0.434 e. The molecule has 1 fully saturated rings. The molecule has 0 aliphatic heterocycles. The summed E-state index contributed by atoms with van der Waals surface area (Å²) in [5.41, 5.74) is 6.26. The van der Waals surface area contributed by atoms with Gasteiger partial charge in [0.05, 0.1) is 5.54 Å². The van der Waals surface area contributed by atoms with E-state index in [0.29, 0.717) is 5.56 Å². The fraction of sp³-hybridized carbons (Fsp3) is 0.500. The summed E-state index contributed by atoms with van der Waals surface area (Å²) in [6.07, 6.45) is 0.781. The number of halogens is 2.